The highest BCUT2D eigenvalue weighted by Crippen LogP contribution is 2.27. The van der Waals surface area contributed by atoms with Gasteiger partial charge < -0.3 is 10.4 Å². The second-order valence-corrected chi connectivity index (χ2v) is 5.20. The molecule has 0 amide bonds. The zero-order valence-electron chi connectivity index (χ0n) is 11.0. The number of carbonyl (C=O) groups excluding carboxylic acids is 1. The molecule has 0 saturated heterocycles. The van der Waals surface area contributed by atoms with Crippen molar-refractivity contribution in [3.63, 3.8) is 0 Å². The lowest BCUT2D eigenvalue weighted by Crippen LogP contribution is -2.07. The van der Waals surface area contributed by atoms with Crippen LogP contribution in [0.5, 0.6) is 0 Å². The maximum absolute atomic E-state index is 11.4. The second kappa shape index (κ2) is 5.79. The molecule has 2 N–H and O–H groups in total. The third-order valence-corrected chi connectivity index (χ3v) is 3.78. The van der Waals surface area contributed by atoms with Crippen molar-refractivity contribution in [1.29, 1.82) is 0 Å². The van der Waals surface area contributed by atoms with E-state index in [9.17, 15) is 9.59 Å². The minimum Gasteiger partial charge on any atom is -0.476 e. The molecule has 6 nitrogen and oxygen atoms in total. The number of nitrogens with one attached hydrogen (secondary N) is 1. The number of anilines is 1. The maximum Gasteiger partial charge on any atom is 0.356 e. The van der Waals surface area contributed by atoms with Gasteiger partial charge in [-0.25, -0.2) is 9.78 Å². The Kier molecular flexibility index (Phi) is 4.09. The fourth-order valence-corrected chi connectivity index (χ4v) is 2.63. The van der Waals surface area contributed by atoms with Crippen molar-refractivity contribution in [3.8, 4) is 0 Å². The quantitative estimate of drug-likeness (QED) is 0.823. The molecule has 0 aliphatic carbocycles. The Morgan fingerprint density at radius 1 is 1.35 bits per heavy atom. The van der Waals surface area contributed by atoms with Gasteiger partial charge in [0.15, 0.2) is 16.6 Å². The van der Waals surface area contributed by atoms with E-state index in [-0.39, 0.29) is 22.4 Å². The molecule has 0 bridgehead atoms. The van der Waals surface area contributed by atoms with Crippen LogP contribution in [0.4, 0.5) is 5.13 Å². The summed E-state index contributed by atoms with van der Waals surface area (Å²) in [6.45, 7) is 3.25. The predicted octanol–water partition coefficient (Wildman–Crippen LogP) is 2.61. The van der Waals surface area contributed by atoms with Crippen molar-refractivity contribution >= 4 is 28.2 Å². The number of carboxylic acid groups (broad SMARTS) is 1. The summed E-state index contributed by atoms with van der Waals surface area (Å²) in [5.41, 5.74) is 0.795. The molecular weight excluding hydrogens is 278 g/mol. The van der Waals surface area contributed by atoms with E-state index in [0.717, 1.165) is 16.9 Å². The Balaban J connectivity index is 2.24. The van der Waals surface area contributed by atoms with Crippen LogP contribution in [0.25, 0.3) is 0 Å². The summed E-state index contributed by atoms with van der Waals surface area (Å²) >= 11 is 1.05. The van der Waals surface area contributed by atoms with Crippen LogP contribution in [-0.4, -0.2) is 26.8 Å². The zero-order chi connectivity index (χ0) is 14.7. The maximum atomic E-state index is 11.4. The average molecular weight is 291 g/mol. The highest BCUT2D eigenvalue weighted by Gasteiger charge is 2.21. The molecule has 2 aromatic rings. The number of carbonyl (C=O) groups is 2. The van der Waals surface area contributed by atoms with Crippen LogP contribution < -0.4 is 5.32 Å². The number of rotatable bonds is 5. The number of ketones is 1. The monoisotopic (exact) mass is 291 g/mol. The van der Waals surface area contributed by atoms with Crippen molar-refractivity contribution in [1.82, 2.24) is 9.97 Å². The van der Waals surface area contributed by atoms with Crippen LogP contribution in [0.3, 0.4) is 0 Å². The normalized spacial score (nSPS) is 11.9. The summed E-state index contributed by atoms with van der Waals surface area (Å²) in [5.74, 6) is -1.50. The van der Waals surface area contributed by atoms with Crippen molar-refractivity contribution in [2.24, 2.45) is 0 Å². The Bertz CT molecular complexity index is 608. The number of hydrogen-bond donors (Lipinski definition) is 2. The third kappa shape index (κ3) is 3.00. The highest BCUT2D eigenvalue weighted by molar-refractivity contribution is 7.17. The Morgan fingerprint density at radius 3 is 2.50 bits per heavy atom. The Labute approximate surface area is 119 Å². The Morgan fingerprint density at radius 2 is 2.00 bits per heavy atom. The topological polar surface area (TPSA) is 92.2 Å². The molecule has 104 valence electrons. The fraction of sp³-hybridized carbons (Fsp3) is 0.231. The van der Waals surface area contributed by atoms with Crippen LogP contribution in [0.15, 0.2) is 24.5 Å². The first kappa shape index (κ1) is 14.1. The summed E-state index contributed by atoms with van der Waals surface area (Å²) in [4.78, 5) is 30.5. The van der Waals surface area contributed by atoms with E-state index in [1.54, 1.807) is 12.4 Å². The fourth-order valence-electron chi connectivity index (χ4n) is 1.69. The van der Waals surface area contributed by atoms with E-state index in [2.05, 4.69) is 15.3 Å². The number of aromatic nitrogens is 2. The van der Waals surface area contributed by atoms with Gasteiger partial charge in [-0.05, 0) is 24.6 Å². The number of Topliss-reactive ketones (excluding diaryl/α,β-unsaturated/α-hetero) is 1. The van der Waals surface area contributed by atoms with Gasteiger partial charge in [-0.1, -0.05) is 11.3 Å². The molecular formula is C13H13N3O3S. The van der Waals surface area contributed by atoms with Crippen molar-refractivity contribution in [2.75, 3.05) is 5.32 Å². The lowest BCUT2D eigenvalue weighted by molar-refractivity contribution is 0.0687. The second-order valence-electron chi connectivity index (χ2n) is 4.20. The van der Waals surface area contributed by atoms with Crippen LogP contribution in [-0.2, 0) is 0 Å². The van der Waals surface area contributed by atoms with E-state index in [1.807, 2.05) is 19.1 Å². The smallest absolute Gasteiger partial charge is 0.356 e. The van der Waals surface area contributed by atoms with Gasteiger partial charge in [-0.3, -0.25) is 9.78 Å². The highest BCUT2D eigenvalue weighted by atomic mass is 32.1. The SMILES string of the molecule is CC(=O)c1sc(NC(C)c2ccncc2)nc1C(=O)O. The Hall–Kier alpha value is -2.28. The molecule has 0 aromatic carbocycles. The average Bonchev–Trinajstić information content (AvgIpc) is 2.84. The standard InChI is InChI=1S/C13H13N3O3S/c1-7(9-3-5-14-6-4-9)15-13-16-10(12(18)19)11(20-13)8(2)17/h3-7H,1-2H3,(H,15,16)(H,18,19). The number of nitrogens with zero attached hydrogens (tertiary/aromatic N) is 2. The summed E-state index contributed by atoms with van der Waals surface area (Å²) in [6, 6.07) is 3.65. The van der Waals surface area contributed by atoms with Gasteiger partial charge in [0.25, 0.3) is 0 Å². The molecule has 0 spiro atoms. The molecule has 0 aliphatic heterocycles. The minimum atomic E-state index is -1.20. The molecule has 2 rings (SSSR count). The summed E-state index contributed by atoms with van der Waals surface area (Å²) in [5, 5.41) is 12.5. The molecule has 0 radical (unpaired) electrons. The molecule has 7 heteroatoms. The number of aromatic carboxylic acids is 1. The lowest BCUT2D eigenvalue weighted by Gasteiger charge is -2.12. The van der Waals surface area contributed by atoms with E-state index >= 15 is 0 Å². The molecule has 1 atom stereocenters. The number of carboxylic acids is 1. The lowest BCUT2D eigenvalue weighted by atomic mass is 10.1. The summed E-state index contributed by atoms with van der Waals surface area (Å²) in [7, 11) is 0. The van der Waals surface area contributed by atoms with E-state index in [1.165, 1.54) is 6.92 Å². The van der Waals surface area contributed by atoms with Crippen molar-refractivity contribution < 1.29 is 14.7 Å². The van der Waals surface area contributed by atoms with Gasteiger partial charge in [0.05, 0.1) is 6.04 Å². The van der Waals surface area contributed by atoms with Gasteiger partial charge >= 0.3 is 5.97 Å². The third-order valence-electron chi connectivity index (χ3n) is 2.70. The van der Waals surface area contributed by atoms with E-state index < -0.39 is 5.97 Å². The molecule has 2 heterocycles. The van der Waals surface area contributed by atoms with E-state index in [4.69, 9.17) is 5.11 Å². The molecule has 0 fully saturated rings. The van der Waals surface area contributed by atoms with Gasteiger partial charge in [0.2, 0.25) is 0 Å². The van der Waals surface area contributed by atoms with Gasteiger partial charge in [0, 0.05) is 19.3 Å². The minimum absolute atomic E-state index is 0.0643. The number of thiazole rings is 1. The van der Waals surface area contributed by atoms with E-state index in [0.29, 0.717) is 5.13 Å². The zero-order valence-corrected chi connectivity index (χ0v) is 11.8. The van der Waals surface area contributed by atoms with Crippen LogP contribution in [0.2, 0.25) is 0 Å². The summed E-state index contributed by atoms with van der Waals surface area (Å²) in [6.07, 6.45) is 3.36. The first-order valence-corrected chi connectivity index (χ1v) is 6.72. The van der Waals surface area contributed by atoms with Crippen LogP contribution in [0.1, 0.15) is 45.6 Å². The molecule has 1 unspecified atom stereocenters. The van der Waals surface area contributed by atoms with Gasteiger partial charge in [-0.15, -0.1) is 0 Å². The van der Waals surface area contributed by atoms with Crippen molar-refractivity contribution in [3.05, 3.63) is 40.7 Å². The predicted molar refractivity (Wildman–Crippen MR) is 75.4 cm³/mol. The molecule has 0 saturated carbocycles. The van der Waals surface area contributed by atoms with Crippen LogP contribution in [0, 0.1) is 0 Å². The number of pyridine rings is 1. The van der Waals surface area contributed by atoms with Crippen molar-refractivity contribution in [2.45, 2.75) is 19.9 Å². The molecule has 0 aliphatic rings. The van der Waals surface area contributed by atoms with Gasteiger partial charge in [0.1, 0.15) is 4.88 Å². The number of hydrogen-bond acceptors (Lipinski definition) is 6. The first-order valence-electron chi connectivity index (χ1n) is 5.90. The first-order chi connectivity index (χ1) is 9.49. The largest absolute Gasteiger partial charge is 0.476 e. The summed E-state index contributed by atoms with van der Waals surface area (Å²) < 4.78 is 0. The van der Waals surface area contributed by atoms with Crippen LogP contribution >= 0.6 is 11.3 Å². The molecule has 20 heavy (non-hydrogen) atoms. The van der Waals surface area contributed by atoms with Gasteiger partial charge in [-0.2, -0.15) is 0 Å². The molecule has 2 aromatic heterocycles.